The lowest BCUT2D eigenvalue weighted by atomic mass is 10.0. The third kappa shape index (κ3) is 3.45. The molecule has 4 nitrogen and oxygen atoms in total. The zero-order chi connectivity index (χ0) is 13.8. The van der Waals surface area contributed by atoms with E-state index in [-0.39, 0.29) is 11.8 Å². The summed E-state index contributed by atoms with van der Waals surface area (Å²) in [5.41, 5.74) is 0. The molecule has 102 valence electrons. The number of rotatable bonds is 6. The quantitative estimate of drug-likeness (QED) is 0.849. The number of hydrogen-bond donors (Lipinski definition) is 2. The van der Waals surface area contributed by atoms with Gasteiger partial charge in [0.15, 0.2) is 0 Å². The van der Waals surface area contributed by atoms with Gasteiger partial charge in [0.25, 0.3) is 0 Å². The van der Waals surface area contributed by atoms with Gasteiger partial charge in [-0.2, -0.15) is 0 Å². The van der Waals surface area contributed by atoms with Crippen LogP contribution in [0.1, 0.15) is 41.1 Å². The molecule has 2 aromatic heterocycles. The normalized spacial score (nSPS) is 12.8. The third-order valence-corrected chi connectivity index (χ3v) is 3.84. The van der Waals surface area contributed by atoms with Crippen LogP contribution in [-0.4, -0.2) is 11.1 Å². The maximum absolute atomic E-state index is 10.7. The fraction of sp³-hybridized carbons (Fsp3) is 0.357. The highest BCUT2D eigenvalue weighted by molar-refractivity contribution is 7.10. The molecule has 0 amide bonds. The van der Waals surface area contributed by atoms with E-state index in [1.54, 1.807) is 17.4 Å². The molecule has 0 aliphatic rings. The molecule has 0 saturated carbocycles. The topological polar surface area (TPSA) is 62.5 Å². The second-order valence-corrected chi connectivity index (χ2v) is 5.67. The Kier molecular flexibility index (Phi) is 4.39. The van der Waals surface area contributed by atoms with Crippen LogP contribution < -0.4 is 5.32 Å². The zero-order valence-corrected chi connectivity index (χ0v) is 11.7. The Morgan fingerprint density at radius 3 is 2.74 bits per heavy atom. The summed E-state index contributed by atoms with van der Waals surface area (Å²) < 4.78 is 5.23. The molecule has 1 atom stereocenters. The number of aromatic carboxylic acids is 1. The van der Waals surface area contributed by atoms with E-state index in [1.165, 1.54) is 10.9 Å². The zero-order valence-electron chi connectivity index (χ0n) is 10.9. The average molecular weight is 279 g/mol. The van der Waals surface area contributed by atoms with Crippen LogP contribution in [0.2, 0.25) is 0 Å². The van der Waals surface area contributed by atoms with Crippen molar-refractivity contribution < 1.29 is 14.3 Å². The van der Waals surface area contributed by atoms with Gasteiger partial charge in [-0.05, 0) is 29.5 Å². The van der Waals surface area contributed by atoms with Crippen molar-refractivity contribution in [1.82, 2.24) is 5.32 Å². The fourth-order valence-corrected chi connectivity index (χ4v) is 2.90. The number of nitrogens with one attached hydrogen (secondary N) is 1. The minimum absolute atomic E-state index is 0.0194. The molecule has 0 radical (unpaired) electrons. The van der Waals surface area contributed by atoms with Crippen molar-refractivity contribution in [3.05, 3.63) is 46.0 Å². The standard InChI is InChI=1S/C14H17NO3S/c1-9(2)13(12-4-3-7-19-12)15-8-10-5-6-11(18-10)14(16)17/h3-7,9,13,15H,8H2,1-2H3,(H,16,17). The van der Waals surface area contributed by atoms with Gasteiger partial charge < -0.3 is 14.8 Å². The first-order valence-electron chi connectivity index (χ1n) is 6.16. The summed E-state index contributed by atoms with van der Waals surface area (Å²) in [6, 6.07) is 7.56. The first kappa shape index (κ1) is 13.8. The predicted molar refractivity (Wildman–Crippen MR) is 74.4 cm³/mol. The summed E-state index contributed by atoms with van der Waals surface area (Å²) in [7, 11) is 0. The van der Waals surface area contributed by atoms with Gasteiger partial charge in [0.05, 0.1) is 6.54 Å². The predicted octanol–water partition coefficient (Wildman–Crippen LogP) is 3.53. The van der Waals surface area contributed by atoms with Crippen molar-refractivity contribution in [1.29, 1.82) is 0 Å². The lowest BCUT2D eigenvalue weighted by Crippen LogP contribution is -2.24. The largest absolute Gasteiger partial charge is 0.475 e. The molecular formula is C14H17NO3S. The minimum atomic E-state index is -1.04. The van der Waals surface area contributed by atoms with Crippen LogP contribution in [0.25, 0.3) is 0 Å². The van der Waals surface area contributed by atoms with E-state index in [0.29, 0.717) is 18.2 Å². The van der Waals surface area contributed by atoms with Crippen LogP contribution in [0.5, 0.6) is 0 Å². The van der Waals surface area contributed by atoms with E-state index in [0.717, 1.165) is 0 Å². The number of thiophene rings is 1. The van der Waals surface area contributed by atoms with Crippen LogP contribution in [0.3, 0.4) is 0 Å². The summed E-state index contributed by atoms with van der Waals surface area (Å²) >= 11 is 1.72. The highest BCUT2D eigenvalue weighted by Crippen LogP contribution is 2.26. The van der Waals surface area contributed by atoms with E-state index < -0.39 is 5.97 Å². The maximum Gasteiger partial charge on any atom is 0.371 e. The summed E-state index contributed by atoms with van der Waals surface area (Å²) in [6.07, 6.45) is 0. The SMILES string of the molecule is CC(C)C(NCc1ccc(C(=O)O)o1)c1cccs1. The second kappa shape index (κ2) is 6.04. The van der Waals surface area contributed by atoms with Crippen molar-refractivity contribution in [2.75, 3.05) is 0 Å². The molecule has 2 N–H and O–H groups in total. The molecule has 0 aliphatic carbocycles. The van der Waals surface area contributed by atoms with E-state index in [1.807, 2.05) is 6.07 Å². The van der Waals surface area contributed by atoms with E-state index in [4.69, 9.17) is 9.52 Å². The Balaban J connectivity index is 2.01. The molecule has 0 spiro atoms. The number of carboxylic acid groups (broad SMARTS) is 1. The molecule has 2 rings (SSSR count). The Bertz CT molecular complexity index is 531. The van der Waals surface area contributed by atoms with Gasteiger partial charge in [0, 0.05) is 10.9 Å². The van der Waals surface area contributed by atoms with Crippen LogP contribution in [0, 0.1) is 5.92 Å². The van der Waals surface area contributed by atoms with E-state index in [2.05, 4.69) is 30.6 Å². The summed E-state index contributed by atoms with van der Waals surface area (Å²) in [6.45, 7) is 4.83. The van der Waals surface area contributed by atoms with Crippen molar-refractivity contribution in [2.45, 2.75) is 26.4 Å². The number of hydrogen-bond acceptors (Lipinski definition) is 4. The van der Waals surface area contributed by atoms with Crippen molar-refractivity contribution in [2.24, 2.45) is 5.92 Å². The molecule has 2 heterocycles. The molecule has 0 aromatic carbocycles. The Hall–Kier alpha value is -1.59. The first-order valence-corrected chi connectivity index (χ1v) is 7.04. The number of carboxylic acids is 1. The number of furan rings is 1. The molecule has 19 heavy (non-hydrogen) atoms. The highest BCUT2D eigenvalue weighted by atomic mass is 32.1. The van der Waals surface area contributed by atoms with Crippen molar-refractivity contribution >= 4 is 17.3 Å². The fourth-order valence-electron chi connectivity index (χ4n) is 1.93. The Morgan fingerprint density at radius 2 is 2.21 bits per heavy atom. The summed E-state index contributed by atoms with van der Waals surface area (Å²) in [5, 5.41) is 14.3. The minimum Gasteiger partial charge on any atom is -0.475 e. The monoisotopic (exact) mass is 279 g/mol. The molecule has 1 unspecified atom stereocenters. The Labute approximate surface area is 116 Å². The molecular weight excluding hydrogens is 262 g/mol. The van der Waals surface area contributed by atoms with Crippen LogP contribution in [0.4, 0.5) is 0 Å². The summed E-state index contributed by atoms with van der Waals surface area (Å²) in [5.74, 6) is 0.0334. The second-order valence-electron chi connectivity index (χ2n) is 4.69. The van der Waals surface area contributed by atoms with E-state index >= 15 is 0 Å². The summed E-state index contributed by atoms with van der Waals surface area (Å²) in [4.78, 5) is 12.0. The molecule has 0 aliphatic heterocycles. The number of carbonyl (C=O) groups is 1. The highest BCUT2D eigenvalue weighted by Gasteiger charge is 2.17. The van der Waals surface area contributed by atoms with Gasteiger partial charge in [-0.25, -0.2) is 4.79 Å². The smallest absolute Gasteiger partial charge is 0.371 e. The van der Waals surface area contributed by atoms with Gasteiger partial charge >= 0.3 is 5.97 Å². The third-order valence-electron chi connectivity index (χ3n) is 2.89. The average Bonchev–Trinajstić information content (AvgIpc) is 2.98. The van der Waals surface area contributed by atoms with Crippen LogP contribution in [-0.2, 0) is 6.54 Å². The lowest BCUT2D eigenvalue weighted by molar-refractivity contribution is 0.0660. The van der Waals surface area contributed by atoms with Gasteiger partial charge in [0.2, 0.25) is 5.76 Å². The van der Waals surface area contributed by atoms with E-state index in [9.17, 15) is 4.79 Å². The molecule has 0 fully saturated rings. The molecule has 2 aromatic rings. The van der Waals surface area contributed by atoms with Crippen LogP contribution >= 0.6 is 11.3 Å². The first-order chi connectivity index (χ1) is 9.08. The van der Waals surface area contributed by atoms with Crippen LogP contribution in [0.15, 0.2) is 34.1 Å². The van der Waals surface area contributed by atoms with Gasteiger partial charge in [0.1, 0.15) is 5.76 Å². The Morgan fingerprint density at radius 1 is 1.42 bits per heavy atom. The van der Waals surface area contributed by atoms with Gasteiger partial charge in [-0.3, -0.25) is 0 Å². The van der Waals surface area contributed by atoms with Crippen molar-refractivity contribution in [3.8, 4) is 0 Å². The van der Waals surface area contributed by atoms with Gasteiger partial charge in [-0.1, -0.05) is 19.9 Å². The molecule has 0 saturated heterocycles. The lowest BCUT2D eigenvalue weighted by Gasteiger charge is -2.20. The molecule has 0 bridgehead atoms. The molecule has 5 heteroatoms. The van der Waals surface area contributed by atoms with Gasteiger partial charge in [-0.15, -0.1) is 11.3 Å². The van der Waals surface area contributed by atoms with Crippen molar-refractivity contribution in [3.63, 3.8) is 0 Å². The maximum atomic E-state index is 10.7.